The summed E-state index contributed by atoms with van der Waals surface area (Å²) in [5.41, 5.74) is -2.24. The molecule has 0 saturated heterocycles. The number of carbonyl (C=O) groups excluding carboxylic acids is 1. The lowest BCUT2D eigenvalue weighted by atomic mass is 9.87. The molecule has 0 radical (unpaired) electrons. The summed E-state index contributed by atoms with van der Waals surface area (Å²) in [6, 6.07) is 10.1. The molecule has 1 aromatic heterocycles. The third-order valence-electron chi connectivity index (χ3n) is 4.54. The van der Waals surface area contributed by atoms with Gasteiger partial charge in [-0.2, -0.15) is 23.3 Å². The first-order valence-corrected chi connectivity index (χ1v) is 8.90. The second-order valence-electron chi connectivity index (χ2n) is 7.76. The number of hydrazone groups is 1. The summed E-state index contributed by atoms with van der Waals surface area (Å²) in [5.74, 6) is -0.752. The van der Waals surface area contributed by atoms with Gasteiger partial charge in [-0.1, -0.05) is 32.9 Å². The van der Waals surface area contributed by atoms with Gasteiger partial charge in [0.25, 0.3) is 5.72 Å². The number of benzene rings is 1. The summed E-state index contributed by atoms with van der Waals surface area (Å²) >= 11 is 0. The molecule has 156 valence electrons. The topological polar surface area (TPSA) is 75.3 Å². The van der Waals surface area contributed by atoms with Crippen molar-refractivity contribution in [3.63, 3.8) is 0 Å². The van der Waals surface area contributed by atoms with Crippen LogP contribution in [0.2, 0.25) is 0 Å². The highest BCUT2D eigenvalue weighted by Gasteiger charge is 2.61. The molecule has 1 aliphatic heterocycles. The van der Waals surface area contributed by atoms with Crippen molar-refractivity contribution in [2.45, 2.75) is 51.1 Å². The van der Waals surface area contributed by atoms with Gasteiger partial charge in [0.1, 0.15) is 18.1 Å². The molecule has 0 aliphatic carbocycles. The van der Waals surface area contributed by atoms with Gasteiger partial charge in [-0.3, -0.25) is 4.79 Å². The molecule has 0 unspecified atom stereocenters. The maximum Gasteiger partial charge on any atom is 0.438 e. The fraction of sp³-hybridized carbons (Fsp3) is 0.400. The SMILES string of the molecule is CC(C)(C)c1ccc(OCc2ccc(C(=O)N3N=CC[C@]3(O)C(F)(F)F)o2)cc1. The number of alkyl halides is 3. The molecule has 0 saturated carbocycles. The minimum atomic E-state index is -5.06. The van der Waals surface area contributed by atoms with E-state index in [2.05, 4.69) is 25.9 Å². The summed E-state index contributed by atoms with van der Waals surface area (Å²) in [7, 11) is 0. The van der Waals surface area contributed by atoms with Crippen molar-refractivity contribution >= 4 is 12.1 Å². The first kappa shape index (κ1) is 20.9. The summed E-state index contributed by atoms with van der Waals surface area (Å²) in [6.45, 7) is 6.26. The van der Waals surface area contributed by atoms with E-state index in [1.54, 1.807) is 12.1 Å². The predicted molar refractivity (Wildman–Crippen MR) is 98.5 cm³/mol. The number of hydrogen-bond donors (Lipinski definition) is 1. The van der Waals surface area contributed by atoms with Crippen molar-refractivity contribution in [2.24, 2.45) is 5.10 Å². The minimum Gasteiger partial charge on any atom is -0.486 e. The lowest BCUT2D eigenvalue weighted by Gasteiger charge is -2.31. The Labute approximate surface area is 165 Å². The van der Waals surface area contributed by atoms with Gasteiger partial charge in [-0.15, -0.1) is 0 Å². The first-order valence-electron chi connectivity index (χ1n) is 8.90. The van der Waals surface area contributed by atoms with Gasteiger partial charge in [-0.25, -0.2) is 0 Å². The van der Waals surface area contributed by atoms with Gasteiger partial charge in [0.05, 0.1) is 0 Å². The molecule has 1 amide bonds. The Morgan fingerprint density at radius 1 is 1.21 bits per heavy atom. The second kappa shape index (κ2) is 7.22. The molecular weight excluding hydrogens is 389 g/mol. The Morgan fingerprint density at radius 3 is 2.45 bits per heavy atom. The third-order valence-corrected chi connectivity index (χ3v) is 4.54. The van der Waals surface area contributed by atoms with E-state index in [-0.39, 0.29) is 28.6 Å². The third kappa shape index (κ3) is 4.14. The molecule has 3 rings (SSSR count). The molecule has 0 bridgehead atoms. The summed E-state index contributed by atoms with van der Waals surface area (Å²) in [4.78, 5) is 12.3. The number of carbonyl (C=O) groups is 1. The first-order chi connectivity index (χ1) is 13.4. The Balaban J connectivity index is 1.66. The smallest absolute Gasteiger partial charge is 0.438 e. The minimum absolute atomic E-state index is 0.00516. The molecule has 6 nitrogen and oxygen atoms in total. The zero-order valence-electron chi connectivity index (χ0n) is 16.2. The Morgan fingerprint density at radius 2 is 1.86 bits per heavy atom. The molecule has 0 fully saturated rings. The quantitative estimate of drug-likeness (QED) is 0.818. The van der Waals surface area contributed by atoms with Gasteiger partial charge < -0.3 is 14.3 Å². The predicted octanol–water partition coefficient (Wildman–Crippen LogP) is 4.24. The zero-order chi connectivity index (χ0) is 21.4. The zero-order valence-corrected chi connectivity index (χ0v) is 16.2. The number of hydrogen-bond acceptors (Lipinski definition) is 5. The molecule has 1 N–H and O–H groups in total. The van der Waals surface area contributed by atoms with E-state index in [4.69, 9.17) is 9.15 Å². The van der Waals surface area contributed by atoms with Crippen molar-refractivity contribution in [3.05, 3.63) is 53.5 Å². The molecule has 9 heteroatoms. The Hall–Kier alpha value is -2.81. The van der Waals surface area contributed by atoms with E-state index in [0.717, 1.165) is 11.8 Å². The average Bonchev–Trinajstić information content (AvgIpc) is 3.26. The van der Waals surface area contributed by atoms with Crippen LogP contribution < -0.4 is 4.74 Å². The molecule has 1 atom stereocenters. The number of nitrogens with zero attached hydrogens (tertiary/aromatic N) is 2. The molecule has 1 aromatic carbocycles. The second-order valence-corrected chi connectivity index (χ2v) is 7.76. The van der Waals surface area contributed by atoms with Crippen LogP contribution in [-0.2, 0) is 12.0 Å². The molecule has 0 spiro atoms. The van der Waals surface area contributed by atoms with E-state index >= 15 is 0 Å². The van der Waals surface area contributed by atoms with E-state index in [1.807, 2.05) is 12.1 Å². The van der Waals surface area contributed by atoms with Crippen LogP contribution in [0, 0.1) is 0 Å². The largest absolute Gasteiger partial charge is 0.486 e. The van der Waals surface area contributed by atoms with Crippen LogP contribution in [-0.4, -0.2) is 34.1 Å². The summed E-state index contributed by atoms with van der Waals surface area (Å²) in [5, 5.41) is 13.2. The van der Waals surface area contributed by atoms with Crippen LogP contribution in [0.25, 0.3) is 0 Å². The molecule has 2 aromatic rings. The lowest BCUT2D eigenvalue weighted by molar-refractivity contribution is -0.297. The van der Waals surface area contributed by atoms with Crippen LogP contribution in [0.15, 0.2) is 45.9 Å². The molecule has 29 heavy (non-hydrogen) atoms. The van der Waals surface area contributed by atoms with Gasteiger partial charge in [0.15, 0.2) is 5.76 Å². The summed E-state index contributed by atoms with van der Waals surface area (Å²) < 4.78 is 50.2. The fourth-order valence-corrected chi connectivity index (χ4v) is 2.77. The Bertz CT molecular complexity index is 913. The maximum absolute atomic E-state index is 13.1. The van der Waals surface area contributed by atoms with Crippen LogP contribution >= 0.6 is 0 Å². The highest BCUT2D eigenvalue weighted by atomic mass is 19.4. The van der Waals surface area contributed by atoms with Crippen molar-refractivity contribution in [1.29, 1.82) is 0 Å². The van der Waals surface area contributed by atoms with Gasteiger partial charge in [0, 0.05) is 12.6 Å². The van der Waals surface area contributed by atoms with Crippen molar-refractivity contribution in [2.75, 3.05) is 0 Å². The normalized spacial score (nSPS) is 19.6. The number of halogens is 3. The van der Waals surface area contributed by atoms with Crippen molar-refractivity contribution < 1.29 is 32.2 Å². The number of aliphatic hydroxyl groups is 1. The van der Waals surface area contributed by atoms with Gasteiger partial charge >= 0.3 is 12.1 Å². The highest BCUT2D eigenvalue weighted by Crippen LogP contribution is 2.39. The van der Waals surface area contributed by atoms with E-state index < -0.39 is 24.2 Å². The van der Waals surface area contributed by atoms with Gasteiger partial charge in [0.2, 0.25) is 0 Å². The molecule has 2 heterocycles. The average molecular weight is 410 g/mol. The monoisotopic (exact) mass is 410 g/mol. The molecule has 1 aliphatic rings. The summed E-state index contributed by atoms with van der Waals surface area (Å²) in [6.07, 6.45) is -5.07. The number of rotatable bonds is 4. The van der Waals surface area contributed by atoms with Crippen LogP contribution in [0.4, 0.5) is 13.2 Å². The standard InChI is InChI=1S/C20H21F3N2O4/c1-18(2,3)13-4-6-14(7-5-13)28-12-15-8-9-16(29-15)17(26)25-19(27,10-11-24-25)20(21,22)23/h4-9,11,27H,10,12H2,1-3H3/t19-/m0/s1. The van der Waals surface area contributed by atoms with Gasteiger partial charge in [-0.05, 0) is 35.2 Å². The molecular formula is C20H21F3N2O4. The van der Waals surface area contributed by atoms with Crippen molar-refractivity contribution in [3.8, 4) is 5.75 Å². The maximum atomic E-state index is 13.1. The van der Waals surface area contributed by atoms with Crippen LogP contribution in [0.1, 0.15) is 49.1 Å². The van der Waals surface area contributed by atoms with Crippen LogP contribution in [0.5, 0.6) is 5.75 Å². The van der Waals surface area contributed by atoms with E-state index in [1.165, 1.54) is 12.1 Å². The Kier molecular flexibility index (Phi) is 5.20. The number of ether oxygens (including phenoxy) is 1. The van der Waals surface area contributed by atoms with Crippen LogP contribution in [0.3, 0.4) is 0 Å². The van der Waals surface area contributed by atoms with Crippen molar-refractivity contribution in [1.82, 2.24) is 5.01 Å². The number of furan rings is 1. The van der Waals surface area contributed by atoms with E-state index in [0.29, 0.717) is 5.75 Å². The van der Waals surface area contributed by atoms with E-state index in [9.17, 15) is 23.1 Å². The highest BCUT2D eigenvalue weighted by molar-refractivity contribution is 5.93. The number of amides is 1. The fourth-order valence-electron chi connectivity index (χ4n) is 2.77. The lowest BCUT2D eigenvalue weighted by Crippen LogP contribution is -2.56.